The van der Waals surface area contributed by atoms with E-state index in [-0.39, 0.29) is 6.42 Å². The predicted molar refractivity (Wildman–Crippen MR) is 124 cm³/mol. The maximum atomic E-state index is 12.7. The third-order valence-electron chi connectivity index (χ3n) is 5.62. The molecule has 2 atom stereocenters. The van der Waals surface area contributed by atoms with Crippen molar-refractivity contribution in [3.8, 4) is 11.1 Å². The summed E-state index contributed by atoms with van der Waals surface area (Å²) < 4.78 is 0. The molecule has 0 radical (unpaired) electrons. The molecule has 1 amide bonds. The number of benzene rings is 2. The van der Waals surface area contributed by atoms with Crippen LogP contribution in [0, 0.1) is 18.3 Å². The zero-order valence-corrected chi connectivity index (χ0v) is 19.2. The van der Waals surface area contributed by atoms with Gasteiger partial charge in [-0.05, 0) is 53.9 Å². The van der Waals surface area contributed by atoms with Crippen molar-refractivity contribution in [3.63, 3.8) is 0 Å². The Balaban J connectivity index is 2.00. The van der Waals surface area contributed by atoms with Crippen molar-refractivity contribution in [2.24, 2.45) is 11.3 Å². The normalized spacial score (nSPS) is 13.2. The van der Waals surface area contributed by atoms with Crippen LogP contribution in [0.5, 0.6) is 0 Å². The maximum Gasteiger partial charge on any atom is 0.326 e. The molecule has 2 aromatic carbocycles. The van der Waals surface area contributed by atoms with Crippen molar-refractivity contribution in [1.82, 2.24) is 5.32 Å². The van der Waals surface area contributed by atoms with E-state index in [1.54, 1.807) is 20.8 Å². The second-order valence-electron chi connectivity index (χ2n) is 9.34. The van der Waals surface area contributed by atoms with Crippen molar-refractivity contribution in [2.45, 2.75) is 59.4 Å². The molecule has 2 rings (SSSR count). The molecular formula is C26H33NO5. The predicted octanol–water partition coefficient (Wildman–Crippen LogP) is 4.69. The van der Waals surface area contributed by atoms with Gasteiger partial charge in [0, 0.05) is 5.92 Å². The van der Waals surface area contributed by atoms with Gasteiger partial charge >= 0.3 is 11.9 Å². The van der Waals surface area contributed by atoms with Gasteiger partial charge in [-0.1, -0.05) is 69.3 Å². The van der Waals surface area contributed by atoms with Crippen LogP contribution in [-0.4, -0.2) is 34.1 Å². The fourth-order valence-corrected chi connectivity index (χ4v) is 3.75. The first-order chi connectivity index (χ1) is 15.0. The van der Waals surface area contributed by atoms with Crippen molar-refractivity contribution < 1.29 is 24.6 Å². The highest BCUT2D eigenvalue weighted by atomic mass is 16.4. The van der Waals surface area contributed by atoms with Crippen LogP contribution in [0.2, 0.25) is 0 Å². The summed E-state index contributed by atoms with van der Waals surface area (Å²) in [6.45, 7) is 7.24. The Hall–Kier alpha value is -3.15. The van der Waals surface area contributed by atoms with Crippen LogP contribution in [0.3, 0.4) is 0 Å². The molecule has 0 heterocycles. The number of aliphatic carboxylic acids is 2. The van der Waals surface area contributed by atoms with Crippen LogP contribution < -0.4 is 5.32 Å². The topological polar surface area (TPSA) is 104 Å². The first-order valence-electron chi connectivity index (χ1n) is 10.9. The van der Waals surface area contributed by atoms with Crippen LogP contribution in [0.4, 0.5) is 0 Å². The summed E-state index contributed by atoms with van der Waals surface area (Å²) in [5.41, 5.74) is 3.95. The second kappa shape index (κ2) is 10.9. The molecule has 0 aliphatic heterocycles. The maximum absolute atomic E-state index is 12.7. The summed E-state index contributed by atoms with van der Waals surface area (Å²) in [4.78, 5) is 35.5. The van der Waals surface area contributed by atoms with E-state index in [2.05, 4.69) is 36.5 Å². The van der Waals surface area contributed by atoms with E-state index in [0.717, 1.165) is 11.1 Å². The molecular weight excluding hydrogens is 406 g/mol. The van der Waals surface area contributed by atoms with E-state index >= 15 is 0 Å². The Labute approximate surface area is 189 Å². The Morgan fingerprint density at radius 1 is 0.969 bits per heavy atom. The summed E-state index contributed by atoms with van der Waals surface area (Å²) in [6, 6.07) is 15.3. The van der Waals surface area contributed by atoms with E-state index in [1.807, 2.05) is 24.3 Å². The fraction of sp³-hybridized carbons (Fsp3) is 0.423. The third-order valence-corrected chi connectivity index (χ3v) is 5.62. The number of nitrogens with one attached hydrogen (secondary N) is 1. The monoisotopic (exact) mass is 439 g/mol. The van der Waals surface area contributed by atoms with Crippen molar-refractivity contribution in [1.29, 1.82) is 0 Å². The number of carbonyl (C=O) groups excluding carboxylic acids is 1. The SMILES string of the molecule is Cc1ccccc1-c1ccc(CCC[C@H](CC(=O)O)C(=O)N[C@H](C(=O)O)C(C)(C)C)cc1. The average Bonchev–Trinajstić information content (AvgIpc) is 2.70. The number of carbonyl (C=O) groups is 3. The summed E-state index contributed by atoms with van der Waals surface area (Å²) in [5, 5.41) is 21.2. The first-order valence-corrected chi connectivity index (χ1v) is 10.9. The zero-order valence-electron chi connectivity index (χ0n) is 19.2. The molecule has 0 aliphatic rings. The first kappa shape index (κ1) is 25.1. The Kier molecular flexibility index (Phi) is 8.58. The van der Waals surface area contributed by atoms with E-state index in [9.17, 15) is 24.6 Å². The molecule has 0 aromatic heterocycles. The van der Waals surface area contributed by atoms with Gasteiger partial charge in [-0.25, -0.2) is 4.79 Å². The molecule has 3 N–H and O–H groups in total. The van der Waals surface area contributed by atoms with E-state index in [1.165, 1.54) is 11.1 Å². The third kappa shape index (κ3) is 7.22. The Morgan fingerprint density at radius 3 is 2.12 bits per heavy atom. The van der Waals surface area contributed by atoms with Gasteiger partial charge in [-0.3, -0.25) is 9.59 Å². The van der Waals surface area contributed by atoms with Gasteiger partial charge < -0.3 is 15.5 Å². The molecule has 0 unspecified atom stereocenters. The summed E-state index contributed by atoms with van der Waals surface area (Å²) in [5.74, 6) is -3.50. The number of rotatable bonds is 10. The highest BCUT2D eigenvalue weighted by molar-refractivity contribution is 5.87. The number of carboxylic acid groups (broad SMARTS) is 2. The van der Waals surface area contributed by atoms with Crippen molar-refractivity contribution >= 4 is 17.8 Å². The van der Waals surface area contributed by atoms with Crippen LogP contribution in [0.15, 0.2) is 48.5 Å². The molecule has 0 spiro atoms. The lowest BCUT2D eigenvalue weighted by atomic mass is 9.86. The molecule has 0 aliphatic carbocycles. The van der Waals surface area contributed by atoms with Crippen molar-refractivity contribution in [2.75, 3.05) is 0 Å². The lowest BCUT2D eigenvalue weighted by Crippen LogP contribution is -2.51. The molecule has 0 saturated carbocycles. The fourth-order valence-electron chi connectivity index (χ4n) is 3.75. The van der Waals surface area contributed by atoms with E-state index in [0.29, 0.717) is 19.3 Å². The van der Waals surface area contributed by atoms with Gasteiger partial charge in [0.15, 0.2) is 0 Å². The summed E-state index contributed by atoms with van der Waals surface area (Å²) >= 11 is 0. The molecule has 172 valence electrons. The van der Waals surface area contributed by atoms with Gasteiger partial charge in [0.05, 0.1) is 6.42 Å². The minimum atomic E-state index is -1.13. The highest BCUT2D eigenvalue weighted by Gasteiger charge is 2.34. The molecule has 2 aromatic rings. The second-order valence-corrected chi connectivity index (χ2v) is 9.34. The lowest BCUT2D eigenvalue weighted by molar-refractivity contribution is -0.146. The van der Waals surface area contributed by atoms with E-state index < -0.39 is 35.2 Å². The minimum absolute atomic E-state index is 0.325. The standard InChI is InChI=1S/C26H33NO5/c1-17-8-5-6-11-21(17)19-14-12-18(13-15-19)9-7-10-20(16-22(28)29)24(30)27-23(25(31)32)26(2,3)4/h5-6,8,11-15,20,23H,7,9-10,16H2,1-4H3,(H,27,30)(H,28,29)(H,31,32)/t20-,23-/m1/s1. The van der Waals surface area contributed by atoms with E-state index in [4.69, 9.17) is 0 Å². The Morgan fingerprint density at radius 2 is 1.59 bits per heavy atom. The van der Waals surface area contributed by atoms with Crippen LogP contribution in [0.25, 0.3) is 11.1 Å². The van der Waals surface area contributed by atoms with Gasteiger partial charge in [0.25, 0.3) is 0 Å². The smallest absolute Gasteiger partial charge is 0.326 e. The zero-order chi connectivity index (χ0) is 23.9. The van der Waals surface area contributed by atoms with Crippen LogP contribution in [-0.2, 0) is 20.8 Å². The van der Waals surface area contributed by atoms with Crippen LogP contribution >= 0.6 is 0 Å². The summed E-state index contributed by atoms with van der Waals surface area (Å²) in [6.07, 6.45) is 1.38. The number of carboxylic acids is 2. The Bertz CT molecular complexity index is 943. The molecule has 6 heteroatoms. The average molecular weight is 440 g/mol. The molecule has 0 saturated heterocycles. The van der Waals surface area contributed by atoms with Gasteiger partial charge in [-0.2, -0.15) is 0 Å². The number of hydrogen-bond donors (Lipinski definition) is 3. The lowest BCUT2D eigenvalue weighted by Gasteiger charge is -2.29. The molecule has 32 heavy (non-hydrogen) atoms. The van der Waals surface area contributed by atoms with Crippen LogP contribution in [0.1, 0.15) is 51.2 Å². The largest absolute Gasteiger partial charge is 0.481 e. The number of amides is 1. The van der Waals surface area contributed by atoms with Gasteiger partial charge in [0.2, 0.25) is 5.91 Å². The molecule has 0 bridgehead atoms. The number of hydrogen-bond acceptors (Lipinski definition) is 3. The van der Waals surface area contributed by atoms with Gasteiger partial charge in [0.1, 0.15) is 6.04 Å². The molecule has 0 fully saturated rings. The minimum Gasteiger partial charge on any atom is -0.481 e. The summed E-state index contributed by atoms with van der Waals surface area (Å²) in [7, 11) is 0. The van der Waals surface area contributed by atoms with Gasteiger partial charge in [-0.15, -0.1) is 0 Å². The molecule has 6 nitrogen and oxygen atoms in total. The van der Waals surface area contributed by atoms with Crippen molar-refractivity contribution in [3.05, 3.63) is 59.7 Å². The number of aryl methyl sites for hydroxylation is 2. The quantitative estimate of drug-likeness (QED) is 0.498. The highest BCUT2D eigenvalue weighted by Crippen LogP contribution is 2.25.